The molecule has 0 aliphatic rings. The summed E-state index contributed by atoms with van der Waals surface area (Å²) in [6.45, 7) is 1.84. The van der Waals surface area contributed by atoms with Gasteiger partial charge in [0.1, 0.15) is 22.9 Å². The molecular formula is C33H25ClF5NO5S. The van der Waals surface area contributed by atoms with Crippen molar-refractivity contribution in [1.82, 2.24) is 3.97 Å². The van der Waals surface area contributed by atoms with Gasteiger partial charge >= 0.3 is 12.3 Å². The molecule has 1 heterocycles. The summed E-state index contributed by atoms with van der Waals surface area (Å²) in [5.74, 6) is -5.55. The van der Waals surface area contributed by atoms with E-state index in [4.69, 9.17) is 11.6 Å². The Morgan fingerprint density at radius 3 is 2.17 bits per heavy atom. The Bertz CT molecular complexity index is 2010. The second-order valence-corrected chi connectivity index (χ2v) is 12.8. The quantitative estimate of drug-likeness (QED) is 0.149. The first-order valence-corrected chi connectivity index (χ1v) is 15.7. The van der Waals surface area contributed by atoms with Gasteiger partial charge in [-0.1, -0.05) is 61.3 Å². The molecule has 46 heavy (non-hydrogen) atoms. The highest BCUT2D eigenvalue weighted by molar-refractivity contribution is 7.90. The fourth-order valence-corrected chi connectivity index (χ4v) is 7.30. The van der Waals surface area contributed by atoms with Crippen LogP contribution in [0, 0.1) is 11.6 Å². The van der Waals surface area contributed by atoms with Gasteiger partial charge in [0, 0.05) is 22.5 Å². The highest BCUT2D eigenvalue weighted by Crippen LogP contribution is 2.46. The van der Waals surface area contributed by atoms with Crippen molar-refractivity contribution in [3.63, 3.8) is 0 Å². The van der Waals surface area contributed by atoms with Crippen molar-refractivity contribution in [3.05, 3.63) is 130 Å². The van der Waals surface area contributed by atoms with Gasteiger partial charge < -0.3 is 9.84 Å². The Morgan fingerprint density at radius 1 is 0.935 bits per heavy atom. The fraction of sp³-hybridized carbons (Fsp3) is 0.182. The zero-order chi connectivity index (χ0) is 33.4. The monoisotopic (exact) mass is 677 g/mol. The minimum absolute atomic E-state index is 0.0438. The van der Waals surface area contributed by atoms with E-state index in [9.17, 15) is 31.5 Å². The Morgan fingerprint density at radius 2 is 1.59 bits per heavy atom. The summed E-state index contributed by atoms with van der Waals surface area (Å²) < 4.78 is 102. The molecule has 0 radical (unpaired) electrons. The Balaban J connectivity index is 1.81. The molecule has 1 aromatic heterocycles. The Labute approximate surface area is 265 Å². The molecule has 0 saturated heterocycles. The predicted molar refractivity (Wildman–Crippen MR) is 162 cm³/mol. The molecular weight excluding hydrogens is 653 g/mol. The van der Waals surface area contributed by atoms with Crippen LogP contribution in [0.3, 0.4) is 0 Å². The largest absolute Gasteiger partial charge is 0.573 e. The average Bonchev–Trinajstić information content (AvgIpc) is 3.37. The van der Waals surface area contributed by atoms with Crippen LogP contribution in [-0.4, -0.2) is 29.8 Å². The molecule has 2 atom stereocenters. The number of aromatic carboxylic acids is 1. The van der Waals surface area contributed by atoms with Crippen molar-refractivity contribution in [2.75, 3.05) is 0 Å². The second-order valence-electron chi connectivity index (χ2n) is 10.5. The number of alkyl halides is 3. The summed E-state index contributed by atoms with van der Waals surface area (Å²) in [6.07, 6.45) is -2.88. The lowest BCUT2D eigenvalue weighted by Crippen LogP contribution is -2.17. The maximum absolute atomic E-state index is 15.7. The van der Waals surface area contributed by atoms with E-state index in [1.807, 2.05) is 6.92 Å². The van der Waals surface area contributed by atoms with Gasteiger partial charge in [-0.25, -0.2) is 26.0 Å². The zero-order valence-electron chi connectivity index (χ0n) is 23.9. The predicted octanol–water partition coefficient (Wildman–Crippen LogP) is 9.12. The number of fused-ring (bicyclic) bond motifs is 1. The number of nitrogens with zero attached hydrogens (tertiary/aromatic N) is 1. The summed E-state index contributed by atoms with van der Waals surface area (Å²) >= 11 is 6.27. The topological polar surface area (TPSA) is 85.6 Å². The van der Waals surface area contributed by atoms with Crippen LogP contribution in [-0.2, 0) is 10.0 Å². The van der Waals surface area contributed by atoms with E-state index in [2.05, 4.69) is 4.74 Å². The van der Waals surface area contributed by atoms with E-state index in [-0.39, 0.29) is 26.4 Å². The summed E-state index contributed by atoms with van der Waals surface area (Å²) in [5.41, 5.74) is 0.0598. The maximum Gasteiger partial charge on any atom is 0.573 e. The standard InChI is InChI=1S/C33H25ClF5NO5S/c1-2-6-24(20-11-14-25(32(41)42)28(35)15-20)30(19-9-12-22(13-10-19)45-33(37,38)39)27-18-40(31-26(27)16-21(34)17-29(31)36)46(43,44)23-7-4-3-5-8-23/h3-5,7-18,24,30H,2,6H2,1H3,(H,41,42)/t24-,30+/m1/s1. The third-order valence-electron chi connectivity index (χ3n) is 7.58. The molecule has 0 unspecified atom stereocenters. The van der Waals surface area contributed by atoms with Gasteiger partial charge in [-0.2, -0.15) is 0 Å². The lowest BCUT2D eigenvalue weighted by Gasteiger charge is -2.29. The third kappa shape index (κ3) is 6.59. The van der Waals surface area contributed by atoms with Gasteiger partial charge in [0.25, 0.3) is 10.0 Å². The van der Waals surface area contributed by atoms with Crippen molar-refractivity contribution in [3.8, 4) is 5.75 Å². The van der Waals surface area contributed by atoms with E-state index in [0.717, 1.165) is 34.3 Å². The number of carbonyl (C=O) groups is 1. The first-order chi connectivity index (χ1) is 21.7. The lowest BCUT2D eigenvalue weighted by atomic mass is 9.75. The van der Waals surface area contributed by atoms with Crippen molar-refractivity contribution >= 4 is 38.5 Å². The molecule has 1 N–H and O–H groups in total. The zero-order valence-corrected chi connectivity index (χ0v) is 25.5. The van der Waals surface area contributed by atoms with Crippen molar-refractivity contribution in [1.29, 1.82) is 0 Å². The number of hydrogen-bond acceptors (Lipinski definition) is 4. The summed E-state index contributed by atoms with van der Waals surface area (Å²) in [7, 11) is -4.38. The van der Waals surface area contributed by atoms with Crippen molar-refractivity contribution < 1.29 is 45.0 Å². The maximum atomic E-state index is 15.7. The minimum atomic E-state index is -4.96. The third-order valence-corrected chi connectivity index (χ3v) is 9.47. The molecule has 13 heteroatoms. The first kappa shape index (κ1) is 33.0. The number of carboxylic acid groups (broad SMARTS) is 1. The Hall–Kier alpha value is -4.42. The van der Waals surface area contributed by atoms with Crippen LogP contribution in [0.5, 0.6) is 5.75 Å². The summed E-state index contributed by atoms with van der Waals surface area (Å²) in [4.78, 5) is 11.4. The van der Waals surface area contributed by atoms with Crippen LogP contribution in [0.4, 0.5) is 22.0 Å². The van der Waals surface area contributed by atoms with Crippen LogP contribution in [0.1, 0.15) is 58.6 Å². The van der Waals surface area contributed by atoms with Crippen LogP contribution >= 0.6 is 11.6 Å². The normalized spacial score (nSPS) is 13.5. The van der Waals surface area contributed by atoms with Gasteiger partial charge in [0.15, 0.2) is 0 Å². The number of benzene rings is 4. The van der Waals surface area contributed by atoms with Crippen LogP contribution in [0.2, 0.25) is 5.02 Å². The van der Waals surface area contributed by atoms with Crippen LogP contribution < -0.4 is 4.74 Å². The molecule has 0 aliphatic carbocycles. The van der Waals surface area contributed by atoms with E-state index in [0.29, 0.717) is 24.0 Å². The average molecular weight is 678 g/mol. The van der Waals surface area contributed by atoms with E-state index in [1.54, 1.807) is 6.07 Å². The van der Waals surface area contributed by atoms with Gasteiger partial charge in [0.05, 0.1) is 10.5 Å². The lowest BCUT2D eigenvalue weighted by molar-refractivity contribution is -0.274. The molecule has 0 aliphatic heterocycles. The van der Waals surface area contributed by atoms with Crippen LogP contribution in [0.15, 0.2) is 96.0 Å². The van der Waals surface area contributed by atoms with Crippen molar-refractivity contribution in [2.45, 2.75) is 42.9 Å². The summed E-state index contributed by atoms with van der Waals surface area (Å²) in [6, 6.07) is 18.1. The molecule has 0 spiro atoms. The van der Waals surface area contributed by atoms with E-state index >= 15 is 8.78 Å². The van der Waals surface area contributed by atoms with Gasteiger partial charge in [-0.3, -0.25) is 0 Å². The number of rotatable bonds is 10. The van der Waals surface area contributed by atoms with Gasteiger partial charge in [-0.15, -0.1) is 13.2 Å². The van der Waals surface area contributed by atoms with Crippen LogP contribution in [0.25, 0.3) is 10.9 Å². The smallest absolute Gasteiger partial charge is 0.478 e. The SMILES string of the molecule is CCC[C@H](c1ccc(C(=O)O)c(F)c1)[C@H](c1ccc(OC(F)(F)F)cc1)c1cn(S(=O)(=O)c2ccccc2)c2c(F)cc(Cl)cc12. The minimum Gasteiger partial charge on any atom is -0.478 e. The number of hydrogen-bond donors (Lipinski definition) is 1. The molecule has 5 aromatic rings. The first-order valence-electron chi connectivity index (χ1n) is 13.9. The number of ether oxygens (including phenoxy) is 1. The van der Waals surface area contributed by atoms with Gasteiger partial charge in [-0.05, 0) is 77.6 Å². The number of carboxylic acids is 1. The molecule has 5 rings (SSSR count). The number of aromatic nitrogens is 1. The van der Waals surface area contributed by atoms with Crippen molar-refractivity contribution in [2.24, 2.45) is 0 Å². The molecule has 0 fully saturated rings. The van der Waals surface area contributed by atoms with E-state index < -0.39 is 57.1 Å². The summed E-state index contributed by atoms with van der Waals surface area (Å²) in [5, 5.41) is 9.44. The number of halogens is 6. The molecule has 0 saturated carbocycles. The molecule has 6 nitrogen and oxygen atoms in total. The van der Waals surface area contributed by atoms with Gasteiger partial charge in [0.2, 0.25) is 0 Å². The second kappa shape index (κ2) is 12.8. The highest BCUT2D eigenvalue weighted by atomic mass is 35.5. The van der Waals surface area contributed by atoms with E-state index in [1.165, 1.54) is 54.7 Å². The molecule has 240 valence electrons. The molecule has 0 amide bonds. The highest BCUT2D eigenvalue weighted by Gasteiger charge is 2.34. The fourth-order valence-electron chi connectivity index (χ4n) is 5.69. The molecule has 4 aromatic carbocycles. The molecule has 0 bridgehead atoms. The Kier molecular flexibility index (Phi) is 9.14.